The molecule has 2 aromatic rings. The van der Waals surface area contributed by atoms with Crippen LogP contribution in [-0.4, -0.2) is 34.8 Å². The van der Waals surface area contributed by atoms with E-state index in [0.717, 1.165) is 5.56 Å². The van der Waals surface area contributed by atoms with E-state index in [-0.39, 0.29) is 18.3 Å². The maximum atomic E-state index is 12.6. The maximum absolute atomic E-state index is 12.6. The fraction of sp³-hybridized carbons (Fsp3) is 0.250. The SMILES string of the molecule is Cl.NCCCN(Cc1ccccc1)C(=O)c1cc(C(N)=O)c[nH]1. The summed E-state index contributed by atoms with van der Waals surface area (Å²) in [7, 11) is 0. The average molecular weight is 337 g/mol. The van der Waals surface area contributed by atoms with Crippen molar-refractivity contribution in [2.75, 3.05) is 13.1 Å². The standard InChI is InChI=1S/C16H20N4O2.ClH/c17-7-4-8-20(11-12-5-2-1-3-6-12)16(22)14-9-13(10-19-14)15(18)21;/h1-3,5-6,9-10,19H,4,7-8,11,17H2,(H2,18,21);1H. The number of carbonyl (C=O) groups excluding carboxylic acids is 2. The van der Waals surface area contributed by atoms with Crippen LogP contribution in [0.2, 0.25) is 0 Å². The minimum atomic E-state index is -0.563. The third-order valence-electron chi connectivity index (χ3n) is 3.33. The van der Waals surface area contributed by atoms with E-state index in [2.05, 4.69) is 4.98 Å². The van der Waals surface area contributed by atoms with Crippen LogP contribution in [0.1, 0.15) is 32.8 Å². The monoisotopic (exact) mass is 336 g/mol. The predicted octanol–water partition coefficient (Wildman–Crippen LogP) is 1.53. The number of benzene rings is 1. The van der Waals surface area contributed by atoms with Crippen LogP contribution in [0.15, 0.2) is 42.6 Å². The molecule has 0 bridgehead atoms. The average Bonchev–Trinajstić information content (AvgIpc) is 3.02. The van der Waals surface area contributed by atoms with E-state index in [9.17, 15) is 9.59 Å². The van der Waals surface area contributed by atoms with Crippen LogP contribution in [0, 0.1) is 0 Å². The molecular weight excluding hydrogens is 316 g/mol. The Bertz CT molecular complexity index is 643. The number of nitrogens with two attached hydrogens (primary N) is 2. The molecule has 7 heteroatoms. The van der Waals surface area contributed by atoms with Gasteiger partial charge in [-0.1, -0.05) is 30.3 Å². The van der Waals surface area contributed by atoms with Crippen LogP contribution in [0.3, 0.4) is 0 Å². The second-order valence-electron chi connectivity index (χ2n) is 5.02. The Kier molecular flexibility index (Phi) is 7.31. The highest BCUT2D eigenvalue weighted by Crippen LogP contribution is 2.11. The minimum Gasteiger partial charge on any atom is -0.366 e. The summed E-state index contributed by atoms with van der Waals surface area (Å²) in [5.74, 6) is -0.739. The van der Waals surface area contributed by atoms with Crippen molar-refractivity contribution in [2.45, 2.75) is 13.0 Å². The molecule has 0 spiro atoms. The number of H-pyrrole nitrogens is 1. The molecule has 0 unspecified atom stereocenters. The molecule has 1 heterocycles. The summed E-state index contributed by atoms with van der Waals surface area (Å²) in [6.07, 6.45) is 2.15. The summed E-state index contributed by atoms with van der Waals surface area (Å²) in [6.45, 7) is 1.55. The lowest BCUT2D eigenvalue weighted by Crippen LogP contribution is -2.32. The largest absolute Gasteiger partial charge is 0.366 e. The Balaban J connectivity index is 0.00000264. The van der Waals surface area contributed by atoms with Crippen molar-refractivity contribution in [3.8, 4) is 0 Å². The molecule has 0 radical (unpaired) electrons. The first-order chi connectivity index (χ1) is 10.6. The van der Waals surface area contributed by atoms with Crippen molar-refractivity contribution in [3.05, 3.63) is 59.4 Å². The molecule has 23 heavy (non-hydrogen) atoms. The van der Waals surface area contributed by atoms with Crippen molar-refractivity contribution in [3.63, 3.8) is 0 Å². The molecule has 1 aromatic heterocycles. The van der Waals surface area contributed by atoms with E-state index >= 15 is 0 Å². The van der Waals surface area contributed by atoms with Crippen LogP contribution < -0.4 is 11.5 Å². The van der Waals surface area contributed by atoms with Crippen LogP contribution in [-0.2, 0) is 6.54 Å². The summed E-state index contributed by atoms with van der Waals surface area (Å²) < 4.78 is 0. The number of amides is 2. The van der Waals surface area contributed by atoms with Crippen LogP contribution in [0.25, 0.3) is 0 Å². The molecule has 1 aromatic carbocycles. The number of primary amides is 1. The molecule has 0 fully saturated rings. The number of aromatic nitrogens is 1. The zero-order valence-electron chi connectivity index (χ0n) is 12.7. The van der Waals surface area contributed by atoms with Gasteiger partial charge in [-0.3, -0.25) is 9.59 Å². The number of rotatable bonds is 7. The summed E-state index contributed by atoms with van der Waals surface area (Å²) >= 11 is 0. The van der Waals surface area contributed by atoms with E-state index in [4.69, 9.17) is 11.5 Å². The lowest BCUT2D eigenvalue weighted by molar-refractivity contribution is 0.0737. The zero-order valence-corrected chi connectivity index (χ0v) is 13.5. The Labute approximate surface area is 141 Å². The third kappa shape index (κ3) is 5.12. The first kappa shape index (κ1) is 18.7. The molecule has 124 valence electrons. The van der Waals surface area contributed by atoms with Gasteiger partial charge < -0.3 is 21.4 Å². The maximum Gasteiger partial charge on any atom is 0.270 e. The number of halogens is 1. The van der Waals surface area contributed by atoms with E-state index in [1.165, 1.54) is 12.3 Å². The Morgan fingerprint density at radius 1 is 1.17 bits per heavy atom. The molecule has 0 aliphatic heterocycles. The van der Waals surface area contributed by atoms with Crippen molar-refractivity contribution in [1.29, 1.82) is 0 Å². The highest BCUT2D eigenvalue weighted by molar-refractivity contribution is 5.98. The van der Waals surface area contributed by atoms with Crippen molar-refractivity contribution in [1.82, 2.24) is 9.88 Å². The highest BCUT2D eigenvalue weighted by Gasteiger charge is 2.18. The summed E-state index contributed by atoms with van der Waals surface area (Å²) in [5.41, 5.74) is 12.4. The van der Waals surface area contributed by atoms with Gasteiger partial charge in [0.2, 0.25) is 5.91 Å². The van der Waals surface area contributed by atoms with Gasteiger partial charge in [-0.05, 0) is 24.6 Å². The van der Waals surface area contributed by atoms with Gasteiger partial charge in [0, 0.05) is 19.3 Å². The minimum absolute atomic E-state index is 0. The zero-order chi connectivity index (χ0) is 15.9. The van der Waals surface area contributed by atoms with E-state index in [1.54, 1.807) is 4.90 Å². The number of nitrogens with one attached hydrogen (secondary N) is 1. The molecule has 0 saturated carbocycles. The van der Waals surface area contributed by atoms with E-state index < -0.39 is 5.91 Å². The number of hydrogen-bond donors (Lipinski definition) is 3. The van der Waals surface area contributed by atoms with Crippen molar-refractivity contribution < 1.29 is 9.59 Å². The Morgan fingerprint density at radius 2 is 1.87 bits per heavy atom. The lowest BCUT2D eigenvalue weighted by Gasteiger charge is -2.22. The molecule has 2 rings (SSSR count). The Morgan fingerprint density at radius 3 is 2.43 bits per heavy atom. The molecular formula is C16H21ClN4O2. The molecule has 0 saturated heterocycles. The first-order valence-electron chi connectivity index (χ1n) is 7.13. The van der Waals surface area contributed by atoms with E-state index in [0.29, 0.717) is 37.3 Å². The first-order valence-corrected chi connectivity index (χ1v) is 7.13. The molecule has 6 nitrogen and oxygen atoms in total. The van der Waals surface area contributed by atoms with Gasteiger partial charge in [0.15, 0.2) is 0 Å². The van der Waals surface area contributed by atoms with Crippen LogP contribution >= 0.6 is 12.4 Å². The number of carbonyl (C=O) groups is 2. The summed E-state index contributed by atoms with van der Waals surface area (Å²) in [4.78, 5) is 28.2. The van der Waals surface area contributed by atoms with Gasteiger partial charge >= 0.3 is 0 Å². The van der Waals surface area contributed by atoms with Gasteiger partial charge in [0.25, 0.3) is 5.91 Å². The molecule has 2 amide bonds. The van der Waals surface area contributed by atoms with Gasteiger partial charge in [-0.15, -0.1) is 12.4 Å². The summed E-state index contributed by atoms with van der Waals surface area (Å²) in [5, 5.41) is 0. The van der Waals surface area contributed by atoms with E-state index in [1.807, 2.05) is 30.3 Å². The number of hydrogen-bond acceptors (Lipinski definition) is 3. The van der Waals surface area contributed by atoms with Gasteiger partial charge in [0.05, 0.1) is 5.56 Å². The quantitative estimate of drug-likeness (QED) is 0.713. The molecule has 0 atom stereocenters. The fourth-order valence-corrected chi connectivity index (χ4v) is 2.17. The second-order valence-corrected chi connectivity index (χ2v) is 5.02. The number of aromatic amines is 1. The molecule has 0 aliphatic rings. The van der Waals surface area contributed by atoms with Gasteiger partial charge in [0.1, 0.15) is 5.69 Å². The van der Waals surface area contributed by atoms with Gasteiger partial charge in [-0.2, -0.15) is 0 Å². The van der Waals surface area contributed by atoms with Crippen LogP contribution in [0.5, 0.6) is 0 Å². The van der Waals surface area contributed by atoms with Crippen molar-refractivity contribution in [2.24, 2.45) is 11.5 Å². The Hall–Kier alpha value is -2.31. The fourth-order valence-electron chi connectivity index (χ4n) is 2.17. The molecule has 0 aliphatic carbocycles. The second kappa shape index (κ2) is 8.97. The van der Waals surface area contributed by atoms with Crippen LogP contribution in [0.4, 0.5) is 0 Å². The lowest BCUT2D eigenvalue weighted by atomic mass is 10.2. The summed E-state index contributed by atoms with van der Waals surface area (Å²) in [6, 6.07) is 11.2. The molecule has 5 N–H and O–H groups in total. The predicted molar refractivity (Wildman–Crippen MR) is 91.4 cm³/mol. The highest BCUT2D eigenvalue weighted by atomic mass is 35.5. The normalized spacial score (nSPS) is 9.96. The topological polar surface area (TPSA) is 105 Å². The number of nitrogens with zero attached hydrogens (tertiary/aromatic N) is 1. The third-order valence-corrected chi connectivity index (χ3v) is 3.33. The van der Waals surface area contributed by atoms with Crippen molar-refractivity contribution >= 4 is 24.2 Å². The van der Waals surface area contributed by atoms with Gasteiger partial charge in [-0.25, -0.2) is 0 Å². The smallest absolute Gasteiger partial charge is 0.270 e.